The number of nitrogens with one attached hydrogen (secondary N) is 1. The molecule has 0 saturated heterocycles. The van der Waals surface area contributed by atoms with Crippen LogP contribution in [0.25, 0.3) is 0 Å². The molecule has 1 aliphatic rings. The molecule has 1 aliphatic carbocycles. The van der Waals surface area contributed by atoms with E-state index in [2.05, 4.69) is 4.72 Å². The Balaban J connectivity index is 1.85. The van der Waals surface area contributed by atoms with Crippen LogP contribution < -0.4 is 14.2 Å². The number of methoxy groups -OCH3 is 1. The number of ether oxygens (including phenoxy) is 2. The smallest absolute Gasteiger partial charge is 0.201 e. The third-order valence-corrected chi connectivity index (χ3v) is 4.81. The van der Waals surface area contributed by atoms with Gasteiger partial charge in [0.05, 0.1) is 13.7 Å². The van der Waals surface area contributed by atoms with Crippen molar-refractivity contribution in [2.24, 2.45) is 11.8 Å². The molecule has 2 unspecified atom stereocenters. The van der Waals surface area contributed by atoms with E-state index in [-0.39, 0.29) is 0 Å². The van der Waals surface area contributed by atoms with Gasteiger partial charge in [-0.05, 0) is 36.8 Å². The van der Waals surface area contributed by atoms with Crippen molar-refractivity contribution in [1.82, 2.24) is 4.72 Å². The molecule has 0 heterocycles. The predicted octanol–water partition coefficient (Wildman–Crippen LogP) is 2.39. The minimum Gasteiger partial charge on any atom is -0.497 e. The van der Waals surface area contributed by atoms with Gasteiger partial charge in [-0.3, -0.25) is 0 Å². The van der Waals surface area contributed by atoms with Crippen LogP contribution in [-0.4, -0.2) is 28.7 Å². The minimum absolute atomic E-state index is 0.492. The Labute approximate surface area is 134 Å². The van der Waals surface area contributed by atoms with Gasteiger partial charge in [-0.25, -0.2) is 13.1 Å². The van der Waals surface area contributed by atoms with Crippen molar-refractivity contribution in [2.75, 3.05) is 20.3 Å². The van der Waals surface area contributed by atoms with Crippen LogP contribution in [0.5, 0.6) is 11.5 Å². The highest BCUT2D eigenvalue weighted by atomic mass is 32.2. The third kappa shape index (κ3) is 5.50. The van der Waals surface area contributed by atoms with E-state index in [1.54, 1.807) is 7.11 Å². The fourth-order valence-corrected chi connectivity index (χ4v) is 3.43. The van der Waals surface area contributed by atoms with Crippen LogP contribution in [0.4, 0.5) is 0 Å². The van der Waals surface area contributed by atoms with Gasteiger partial charge in [0.15, 0.2) is 0 Å². The zero-order valence-electron chi connectivity index (χ0n) is 13.0. The Morgan fingerprint density at radius 2 is 1.91 bits per heavy atom. The summed E-state index contributed by atoms with van der Waals surface area (Å²) in [4.78, 5) is 0. The van der Waals surface area contributed by atoms with Crippen molar-refractivity contribution >= 4 is 10.9 Å². The normalized spacial score (nSPS) is 21.7. The lowest BCUT2D eigenvalue weighted by Crippen LogP contribution is -2.28. The van der Waals surface area contributed by atoms with E-state index in [4.69, 9.17) is 9.47 Å². The molecule has 1 aromatic rings. The number of rotatable bonds is 8. The summed E-state index contributed by atoms with van der Waals surface area (Å²) >= 11 is 0. The lowest BCUT2D eigenvalue weighted by atomic mass is 9.78. The first kappa shape index (κ1) is 17.1. The van der Waals surface area contributed by atoms with Crippen LogP contribution in [0.15, 0.2) is 24.3 Å². The largest absolute Gasteiger partial charge is 0.497 e. The van der Waals surface area contributed by atoms with Crippen LogP contribution in [0.1, 0.15) is 32.1 Å². The van der Waals surface area contributed by atoms with Gasteiger partial charge in [0.2, 0.25) is 10.9 Å². The van der Waals surface area contributed by atoms with Crippen molar-refractivity contribution in [3.63, 3.8) is 0 Å². The molecule has 1 N–H and O–H groups in total. The number of benzene rings is 1. The van der Waals surface area contributed by atoms with Crippen molar-refractivity contribution in [3.8, 4) is 11.5 Å². The van der Waals surface area contributed by atoms with E-state index >= 15 is 0 Å². The van der Waals surface area contributed by atoms with Crippen molar-refractivity contribution in [3.05, 3.63) is 24.3 Å². The zero-order chi connectivity index (χ0) is 15.8. The van der Waals surface area contributed by atoms with Crippen LogP contribution in [0, 0.1) is 11.8 Å². The molecule has 1 aromatic carbocycles. The molecule has 6 heteroatoms. The van der Waals surface area contributed by atoms with Gasteiger partial charge >= 0.3 is 0 Å². The second-order valence-corrected chi connectivity index (χ2v) is 6.58. The maximum atomic E-state index is 10.6. The molecule has 0 bridgehead atoms. The molecular formula is C16H25NO4S. The fraction of sp³-hybridized carbons (Fsp3) is 0.625. The first-order valence-corrected chi connectivity index (χ1v) is 9.01. The van der Waals surface area contributed by atoms with Crippen LogP contribution in [0.2, 0.25) is 0 Å². The van der Waals surface area contributed by atoms with E-state index in [0.29, 0.717) is 25.0 Å². The van der Waals surface area contributed by atoms with E-state index < -0.39 is 10.9 Å². The lowest BCUT2D eigenvalue weighted by Gasteiger charge is -2.31. The standard InChI is InChI=1S/C16H25NO4S/c1-20-15-7-4-8-16(11-15)21-12-14-6-3-2-5-13(14)9-10-17-22(18)19/h4,7-8,11,13-14,22H,2-3,5-6,9-10,12H2,1H3,(H,17,18,19). The quantitative estimate of drug-likeness (QED) is 0.720. The molecular weight excluding hydrogens is 302 g/mol. The number of hydrogen-bond acceptors (Lipinski definition) is 4. The summed E-state index contributed by atoms with van der Waals surface area (Å²) in [6.45, 7) is 1.21. The predicted molar refractivity (Wildman–Crippen MR) is 86.9 cm³/mol. The zero-order valence-corrected chi connectivity index (χ0v) is 13.9. The molecule has 1 fully saturated rings. The average molecular weight is 327 g/mol. The second kappa shape index (κ2) is 9.00. The summed E-state index contributed by atoms with van der Waals surface area (Å²) in [7, 11) is -0.844. The molecule has 1 saturated carbocycles. The van der Waals surface area contributed by atoms with E-state index in [1.807, 2.05) is 24.3 Å². The van der Waals surface area contributed by atoms with Crippen molar-refractivity contribution in [1.29, 1.82) is 0 Å². The molecule has 0 aliphatic heterocycles. The second-order valence-electron chi connectivity index (χ2n) is 5.75. The number of hydrogen-bond donors (Lipinski definition) is 2. The number of thiol groups is 1. The Hall–Kier alpha value is -1.27. The van der Waals surface area contributed by atoms with Gasteiger partial charge in [-0.1, -0.05) is 25.3 Å². The summed E-state index contributed by atoms with van der Waals surface area (Å²) in [6, 6.07) is 7.64. The summed E-state index contributed by atoms with van der Waals surface area (Å²) in [6.07, 6.45) is 5.65. The lowest BCUT2D eigenvalue weighted by molar-refractivity contribution is 0.143. The van der Waals surface area contributed by atoms with Crippen LogP contribution in [-0.2, 0) is 10.9 Å². The van der Waals surface area contributed by atoms with E-state index in [0.717, 1.165) is 30.8 Å². The molecule has 0 amide bonds. The molecule has 2 atom stereocenters. The maximum Gasteiger partial charge on any atom is 0.201 e. The summed E-state index contributed by atoms with van der Waals surface area (Å²) in [5.74, 6) is 2.64. The first-order valence-electron chi connectivity index (χ1n) is 7.84. The first-order chi connectivity index (χ1) is 10.7. The fourth-order valence-electron chi connectivity index (χ4n) is 3.12. The summed E-state index contributed by atoms with van der Waals surface area (Å²) < 4.78 is 34.8. The van der Waals surface area contributed by atoms with Crippen LogP contribution in [0.3, 0.4) is 0 Å². The molecule has 0 aromatic heterocycles. The van der Waals surface area contributed by atoms with Gasteiger partial charge in [0.1, 0.15) is 11.5 Å². The van der Waals surface area contributed by atoms with Gasteiger partial charge in [-0.15, -0.1) is 0 Å². The minimum atomic E-state index is -2.49. The van der Waals surface area contributed by atoms with E-state index in [1.165, 1.54) is 12.8 Å². The maximum absolute atomic E-state index is 10.6. The monoisotopic (exact) mass is 327 g/mol. The van der Waals surface area contributed by atoms with Crippen molar-refractivity contribution in [2.45, 2.75) is 32.1 Å². The average Bonchev–Trinajstić information content (AvgIpc) is 2.54. The topological polar surface area (TPSA) is 64.6 Å². The highest BCUT2D eigenvalue weighted by molar-refractivity contribution is 7.70. The Morgan fingerprint density at radius 1 is 1.18 bits per heavy atom. The van der Waals surface area contributed by atoms with Crippen LogP contribution >= 0.6 is 0 Å². The molecule has 2 rings (SSSR count). The SMILES string of the molecule is COc1cccc(OCC2CCCCC2CCN[SH](=O)=O)c1. The highest BCUT2D eigenvalue weighted by Crippen LogP contribution is 2.33. The third-order valence-electron chi connectivity index (χ3n) is 4.33. The van der Waals surface area contributed by atoms with Gasteiger partial charge in [-0.2, -0.15) is 0 Å². The Kier molecular flexibility index (Phi) is 6.99. The highest BCUT2D eigenvalue weighted by Gasteiger charge is 2.25. The summed E-state index contributed by atoms with van der Waals surface area (Å²) in [5, 5.41) is 0. The summed E-state index contributed by atoms with van der Waals surface area (Å²) in [5.41, 5.74) is 0. The molecule has 124 valence electrons. The molecule has 0 radical (unpaired) electrons. The van der Waals surface area contributed by atoms with Crippen molar-refractivity contribution < 1.29 is 17.9 Å². The van der Waals surface area contributed by atoms with E-state index in [9.17, 15) is 8.42 Å². The molecule has 5 nitrogen and oxygen atoms in total. The Bertz CT molecular complexity index is 525. The van der Waals surface area contributed by atoms with Gasteiger partial charge in [0, 0.05) is 12.6 Å². The molecule has 22 heavy (non-hydrogen) atoms. The Morgan fingerprint density at radius 3 is 2.64 bits per heavy atom. The van der Waals surface area contributed by atoms with Gasteiger partial charge in [0.25, 0.3) is 0 Å². The van der Waals surface area contributed by atoms with Gasteiger partial charge < -0.3 is 9.47 Å². The molecule has 0 spiro atoms.